The molecule has 0 amide bonds. The van der Waals surface area contributed by atoms with Crippen LogP contribution in [0, 0.1) is 0 Å². The van der Waals surface area contributed by atoms with E-state index in [4.69, 9.17) is 4.74 Å². The van der Waals surface area contributed by atoms with Gasteiger partial charge >= 0.3 is 5.69 Å². The second-order valence-corrected chi connectivity index (χ2v) is 6.63. The summed E-state index contributed by atoms with van der Waals surface area (Å²) in [7, 11) is 3.00. The number of aliphatic hydroxyl groups is 1. The largest absolute Gasteiger partial charge is 0.491 e. The molecule has 3 rings (SSSR count). The highest BCUT2D eigenvalue weighted by atomic mass is 16.5. The van der Waals surface area contributed by atoms with Gasteiger partial charge in [0.05, 0.1) is 6.54 Å². The molecule has 150 valence electrons. The molecule has 2 heterocycles. The summed E-state index contributed by atoms with van der Waals surface area (Å²) in [6, 6.07) is 9.19. The molecule has 0 spiro atoms. The summed E-state index contributed by atoms with van der Waals surface area (Å²) in [5.74, 6) is 1.09. The lowest BCUT2D eigenvalue weighted by Crippen LogP contribution is -2.38. The van der Waals surface area contributed by atoms with Crippen LogP contribution in [-0.2, 0) is 20.6 Å². The number of hydrogen-bond donors (Lipinski definition) is 2. The molecular formula is C19H25N5O4. The third-order valence-corrected chi connectivity index (χ3v) is 4.46. The summed E-state index contributed by atoms with van der Waals surface area (Å²) in [4.78, 5) is 29.4. The van der Waals surface area contributed by atoms with Gasteiger partial charge < -0.3 is 19.7 Å². The predicted molar refractivity (Wildman–Crippen MR) is 107 cm³/mol. The molecule has 28 heavy (non-hydrogen) atoms. The number of nitrogens with one attached hydrogen (secondary N) is 1. The highest BCUT2D eigenvalue weighted by molar-refractivity contribution is 5.74. The first-order chi connectivity index (χ1) is 13.4. The Labute approximate surface area is 161 Å². The molecular weight excluding hydrogens is 362 g/mol. The SMILES string of the molecule is CCCNc1nc2c(c(=O)n(C)c(=O)n2C)n1C[C@@H](O)COc1ccccc1. The van der Waals surface area contributed by atoms with E-state index in [0.717, 1.165) is 11.0 Å². The summed E-state index contributed by atoms with van der Waals surface area (Å²) in [6.45, 7) is 2.82. The minimum Gasteiger partial charge on any atom is -0.491 e. The molecule has 0 aliphatic rings. The Morgan fingerprint density at radius 3 is 2.57 bits per heavy atom. The van der Waals surface area contributed by atoms with Gasteiger partial charge in [-0.25, -0.2) is 4.79 Å². The Bertz CT molecular complexity index is 1070. The van der Waals surface area contributed by atoms with Crippen molar-refractivity contribution in [2.45, 2.75) is 26.0 Å². The summed E-state index contributed by atoms with van der Waals surface area (Å²) < 4.78 is 9.59. The van der Waals surface area contributed by atoms with Gasteiger partial charge in [0.25, 0.3) is 5.56 Å². The van der Waals surface area contributed by atoms with Crippen molar-refractivity contribution < 1.29 is 9.84 Å². The standard InChI is InChI=1S/C19H25N5O4/c1-4-10-20-18-21-16-15(17(26)23(3)19(27)22(16)2)24(18)11-13(25)12-28-14-8-6-5-7-9-14/h5-9,13,25H,4,10-12H2,1-3H3,(H,20,21)/t13-/m1/s1. The van der Waals surface area contributed by atoms with Crippen molar-refractivity contribution in [1.29, 1.82) is 0 Å². The number of hydrogen-bond acceptors (Lipinski definition) is 6. The van der Waals surface area contributed by atoms with Crippen LogP contribution in [0.15, 0.2) is 39.9 Å². The third kappa shape index (κ3) is 3.79. The molecule has 0 radical (unpaired) electrons. The average molecular weight is 387 g/mol. The van der Waals surface area contributed by atoms with E-state index >= 15 is 0 Å². The van der Waals surface area contributed by atoms with Gasteiger partial charge in [-0.15, -0.1) is 0 Å². The fourth-order valence-corrected chi connectivity index (χ4v) is 2.97. The Morgan fingerprint density at radius 2 is 1.89 bits per heavy atom. The first-order valence-corrected chi connectivity index (χ1v) is 9.20. The van der Waals surface area contributed by atoms with E-state index in [0.29, 0.717) is 18.2 Å². The molecule has 0 saturated heterocycles. The van der Waals surface area contributed by atoms with Crippen molar-refractivity contribution >= 4 is 17.1 Å². The maximum atomic E-state index is 12.7. The number of ether oxygens (including phenoxy) is 1. The first-order valence-electron chi connectivity index (χ1n) is 9.20. The number of anilines is 1. The number of aromatic nitrogens is 4. The molecule has 0 fully saturated rings. The zero-order valence-electron chi connectivity index (χ0n) is 16.3. The zero-order valence-corrected chi connectivity index (χ0v) is 16.3. The maximum absolute atomic E-state index is 12.7. The van der Waals surface area contributed by atoms with Crippen molar-refractivity contribution in [2.24, 2.45) is 14.1 Å². The average Bonchev–Trinajstić information content (AvgIpc) is 3.06. The molecule has 9 heteroatoms. The number of benzene rings is 1. The smallest absolute Gasteiger partial charge is 0.332 e. The van der Waals surface area contributed by atoms with Crippen LogP contribution in [0.4, 0.5) is 5.95 Å². The third-order valence-electron chi connectivity index (χ3n) is 4.46. The molecule has 9 nitrogen and oxygen atoms in total. The molecule has 2 aromatic heterocycles. The monoisotopic (exact) mass is 387 g/mol. The molecule has 0 bridgehead atoms. The van der Waals surface area contributed by atoms with Crippen LogP contribution in [0.25, 0.3) is 11.2 Å². The number of aliphatic hydroxyl groups excluding tert-OH is 1. The van der Waals surface area contributed by atoms with Crippen LogP contribution in [0.3, 0.4) is 0 Å². The Hall–Kier alpha value is -3.07. The highest BCUT2D eigenvalue weighted by Gasteiger charge is 2.21. The molecule has 1 atom stereocenters. The zero-order chi connectivity index (χ0) is 20.3. The molecule has 0 saturated carbocycles. The topological polar surface area (TPSA) is 103 Å². The number of fused-ring (bicyclic) bond motifs is 1. The highest BCUT2D eigenvalue weighted by Crippen LogP contribution is 2.17. The fraction of sp³-hybridized carbons (Fsp3) is 0.421. The molecule has 0 unspecified atom stereocenters. The van der Waals surface area contributed by atoms with E-state index in [1.807, 2.05) is 25.1 Å². The van der Waals surface area contributed by atoms with Crippen LogP contribution >= 0.6 is 0 Å². The van der Waals surface area contributed by atoms with Crippen molar-refractivity contribution in [3.05, 3.63) is 51.2 Å². The number of nitrogens with zero attached hydrogens (tertiary/aromatic N) is 4. The number of rotatable bonds is 8. The van der Waals surface area contributed by atoms with Gasteiger partial charge in [0.2, 0.25) is 5.95 Å². The Morgan fingerprint density at radius 1 is 1.18 bits per heavy atom. The van der Waals surface area contributed by atoms with Crippen molar-refractivity contribution in [3.63, 3.8) is 0 Å². The van der Waals surface area contributed by atoms with Crippen LogP contribution < -0.4 is 21.3 Å². The lowest BCUT2D eigenvalue weighted by molar-refractivity contribution is 0.0938. The van der Waals surface area contributed by atoms with E-state index < -0.39 is 17.4 Å². The molecule has 3 aromatic rings. The molecule has 1 aromatic carbocycles. The van der Waals surface area contributed by atoms with Crippen LogP contribution in [-0.4, -0.2) is 43.0 Å². The lowest BCUT2D eigenvalue weighted by atomic mass is 10.3. The number of para-hydroxylation sites is 1. The quantitative estimate of drug-likeness (QED) is 0.590. The number of aryl methyl sites for hydroxylation is 1. The van der Waals surface area contributed by atoms with E-state index in [1.165, 1.54) is 11.6 Å². The van der Waals surface area contributed by atoms with Gasteiger partial charge in [-0.05, 0) is 18.6 Å². The Kier molecular flexibility index (Phi) is 5.84. The Balaban J connectivity index is 1.95. The van der Waals surface area contributed by atoms with Crippen LogP contribution in [0.2, 0.25) is 0 Å². The van der Waals surface area contributed by atoms with Crippen LogP contribution in [0.5, 0.6) is 5.75 Å². The minimum atomic E-state index is -0.873. The van der Waals surface area contributed by atoms with Crippen LogP contribution in [0.1, 0.15) is 13.3 Å². The number of imidazole rings is 1. The van der Waals surface area contributed by atoms with Gasteiger partial charge in [0.1, 0.15) is 18.5 Å². The molecule has 2 N–H and O–H groups in total. The van der Waals surface area contributed by atoms with E-state index in [2.05, 4.69) is 10.3 Å². The van der Waals surface area contributed by atoms with E-state index in [-0.39, 0.29) is 24.3 Å². The molecule has 0 aliphatic carbocycles. The second-order valence-electron chi connectivity index (χ2n) is 6.63. The second kappa shape index (κ2) is 8.30. The molecule has 0 aliphatic heterocycles. The first kappa shape index (κ1) is 19.7. The summed E-state index contributed by atoms with van der Waals surface area (Å²) in [5, 5.41) is 13.7. The van der Waals surface area contributed by atoms with Gasteiger partial charge in [-0.1, -0.05) is 25.1 Å². The maximum Gasteiger partial charge on any atom is 0.332 e. The normalized spacial score (nSPS) is 12.3. The van der Waals surface area contributed by atoms with E-state index in [1.54, 1.807) is 23.7 Å². The summed E-state index contributed by atoms with van der Waals surface area (Å²) >= 11 is 0. The minimum absolute atomic E-state index is 0.0585. The van der Waals surface area contributed by atoms with Crippen molar-refractivity contribution in [2.75, 3.05) is 18.5 Å². The van der Waals surface area contributed by atoms with E-state index in [9.17, 15) is 14.7 Å². The van der Waals surface area contributed by atoms with Crippen molar-refractivity contribution in [3.8, 4) is 5.75 Å². The lowest BCUT2D eigenvalue weighted by Gasteiger charge is -2.16. The van der Waals surface area contributed by atoms with Gasteiger partial charge in [0.15, 0.2) is 11.2 Å². The summed E-state index contributed by atoms with van der Waals surface area (Å²) in [5.41, 5.74) is -0.353. The van der Waals surface area contributed by atoms with Gasteiger partial charge in [0, 0.05) is 20.6 Å². The van der Waals surface area contributed by atoms with Gasteiger partial charge in [-0.2, -0.15) is 4.98 Å². The van der Waals surface area contributed by atoms with Gasteiger partial charge in [-0.3, -0.25) is 13.9 Å². The summed E-state index contributed by atoms with van der Waals surface area (Å²) in [6.07, 6.45) is -0.0125. The fourth-order valence-electron chi connectivity index (χ4n) is 2.97. The van der Waals surface area contributed by atoms with Crippen molar-refractivity contribution in [1.82, 2.24) is 18.7 Å². The predicted octanol–water partition coefficient (Wildman–Crippen LogP) is 0.696.